The Morgan fingerprint density at radius 3 is 2.70 bits per heavy atom. The third-order valence-electron chi connectivity index (χ3n) is 4.11. The Kier molecular flexibility index (Phi) is 5.20. The first-order valence-corrected chi connectivity index (χ1v) is 10.6. The van der Waals surface area contributed by atoms with Crippen molar-refractivity contribution in [1.29, 1.82) is 0 Å². The average molecular weight is 455 g/mol. The van der Waals surface area contributed by atoms with Crippen LogP contribution in [0.2, 0.25) is 0 Å². The number of nitro groups is 1. The predicted octanol–water partition coefficient (Wildman–Crippen LogP) is 3.01. The van der Waals surface area contributed by atoms with Gasteiger partial charge in [-0.25, -0.2) is 8.42 Å². The van der Waals surface area contributed by atoms with Crippen LogP contribution in [0.5, 0.6) is 5.75 Å². The quantitative estimate of drug-likeness (QED) is 0.560. The van der Waals surface area contributed by atoms with Gasteiger partial charge in [0, 0.05) is 40.4 Å². The molecule has 0 fully saturated rings. The molecule has 1 amide bonds. The standard InChI is InChI=1S/C17H15BrN2O6S/c1-27(24,25)13-7-10(6-12(9-13)20(22)23)17(21)19-15-4-5-26-16-3-2-11(18)8-14(15)16/h2-3,6-9,15H,4-5H2,1H3,(H,19,21). The first kappa shape index (κ1) is 19.3. The number of hydrogen-bond donors (Lipinski definition) is 1. The minimum absolute atomic E-state index is 0.0901. The molecule has 0 spiro atoms. The van der Waals surface area contributed by atoms with Crippen molar-refractivity contribution in [2.75, 3.05) is 12.9 Å². The highest BCUT2D eigenvalue weighted by Gasteiger charge is 2.25. The van der Waals surface area contributed by atoms with Crippen LogP contribution in [0, 0.1) is 10.1 Å². The summed E-state index contributed by atoms with van der Waals surface area (Å²) in [7, 11) is -3.71. The number of carbonyl (C=O) groups excluding carboxylic acids is 1. The normalized spacial score (nSPS) is 16.1. The van der Waals surface area contributed by atoms with Gasteiger partial charge in [-0.05, 0) is 24.3 Å². The highest BCUT2D eigenvalue weighted by molar-refractivity contribution is 9.10. The molecule has 142 valence electrons. The van der Waals surface area contributed by atoms with Gasteiger partial charge in [0.15, 0.2) is 9.84 Å². The largest absolute Gasteiger partial charge is 0.493 e. The Morgan fingerprint density at radius 1 is 1.30 bits per heavy atom. The molecule has 0 bridgehead atoms. The topological polar surface area (TPSA) is 116 Å². The molecule has 0 aliphatic carbocycles. The van der Waals surface area contributed by atoms with Crippen molar-refractivity contribution in [3.8, 4) is 5.75 Å². The van der Waals surface area contributed by atoms with Gasteiger partial charge >= 0.3 is 0 Å². The van der Waals surface area contributed by atoms with Gasteiger partial charge in [-0.3, -0.25) is 14.9 Å². The fourth-order valence-corrected chi connectivity index (χ4v) is 3.85. The van der Waals surface area contributed by atoms with Crippen molar-refractivity contribution < 1.29 is 22.9 Å². The third-order valence-corrected chi connectivity index (χ3v) is 5.69. The van der Waals surface area contributed by atoms with Gasteiger partial charge in [0.1, 0.15) is 5.75 Å². The molecule has 1 unspecified atom stereocenters. The summed E-state index contributed by atoms with van der Waals surface area (Å²) in [6.45, 7) is 0.406. The number of ether oxygens (including phenoxy) is 1. The second kappa shape index (κ2) is 7.28. The van der Waals surface area contributed by atoms with E-state index in [1.807, 2.05) is 12.1 Å². The summed E-state index contributed by atoms with van der Waals surface area (Å²) in [6, 6.07) is 8.21. The predicted molar refractivity (Wildman–Crippen MR) is 101 cm³/mol. The third kappa shape index (κ3) is 4.28. The number of fused-ring (bicyclic) bond motifs is 1. The van der Waals surface area contributed by atoms with E-state index in [2.05, 4.69) is 21.2 Å². The van der Waals surface area contributed by atoms with Crippen LogP contribution in [0.15, 0.2) is 45.8 Å². The average Bonchev–Trinajstić information content (AvgIpc) is 2.61. The minimum Gasteiger partial charge on any atom is -0.493 e. The Hall–Kier alpha value is -2.46. The number of nitrogens with zero attached hydrogens (tertiary/aromatic N) is 1. The number of benzene rings is 2. The number of sulfone groups is 1. The summed E-state index contributed by atoms with van der Waals surface area (Å²) in [5.41, 5.74) is 0.226. The molecule has 1 aliphatic rings. The number of rotatable bonds is 4. The second-order valence-corrected chi connectivity index (χ2v) is 9.02. The lowest BCUT2D eigenvalue weighted by Gasteiger charge is -2.27. The summed E-state index contributed by atoms with van der Waals surface area (Å²) >= 11 is 3.38. The number of amides is 1. The van der Waals surface area contributed by atoms with E-state index in [1.165, 1.54) is 0 Å². The van der Waals surface area contributed by atoms with Crippen molar-refractivity contribution >= 4 is 37.4 Å². The molecule has 0 radical (unpaired) electrons. The first-order chi connectivity index (χ1) is 12.6. The lowest BCUT2D eigenvalue weighted by Crippen LogP contribution is -2.32. The Bertz CT molecular complexity index is 1040. The zero-order chi connectivity index (χ0) is 19.8. The van der Waals surface area contributed by atoms with E-state index in [9.17, 15) is 23.3 Å². The van der Waals surface area contributed by atoms with Crippen molar-refractivity contribution in [2.45, 2.75) is 17.4 Å². The summed E-state index contributed by atoms with van der Waals surface area (Å²) in [5.74, 6) is 0.0482. The molecule has 8 nitrogen and oxygen atoms in total. The number of non-ortho nitro benzene ring substituents is 1. The number of hydrogen-bond acceptors (Lipinski definition) is 6. The van der Waals surface area contributed by atoms with E-state index in [-0.39, 0.29) is 16.5 Å². The lowest BCUT2D eigenvalue weighted by atomic mass is 10.00. The molecule has 1 heterocycles. The second-order valence-electron chi connectivity index (χ2n) is 6.09. The highest BCUT2D eigenvalue weighted by atomic mass is 79.9. The lowest BCUT2D eigenvalue weighted by molar-refractivity contribution is -0.385. The number of nitro benzene ring substituents is 1. The maximum Gasteiger partial charge on any atom is 0.271 e. The van der Waals surface area contributed by atoms with Crippen LogP contribution in [-0.2, 0) is 9.84 Å². The van der Waals surface area contributed by atoms with Crippen LogP contribution >= 0.6 is 15.9 Å². The van der Waals surface area contributed by atoms with Crippen LogP contribution in [0.25, 0.3) is 0 Å². The molecule has 0 saturated carbocycles. The van der Waals surface area contributed by atoms with Crippen LogP contribution in [-0.4, -0.2) is 32.1 Å². The smallest absolute Gasteiger partial charge is 0.271 e. The van der Waals surface area contributed by atoms with Crippen molar-refractivity contribution in [2.24, 2.45) is 0 Å². The molecule has 1 aliphatic heterocycles. The molecule has 2 aromatic carbocycles. The van der Waals surface area contributed by atoms with E-state index in [0.717, 1.165) is 34.5 Å². The van der Waals surface area contributed by atoms with Gasteiger partial charge in [-0.15, -0.1) is 0 Å². The molecule has 1 N–H and O–H groups in total. The summed E-state index contributed by atoms with van der Waals surface area (Å²) < 4.78 is 30.0. The van der Waals surface area contributed by atoms with Crippen LogP contribution in [0.1, 0.15) is 28.4 Å². The van der Waals surface area contributed by atoms with Crippen LogP contribution in [0.4, 0.5) is 5.69 Å². The van der Waals surface area contributed by atoms with Crippen molar-refractivity contribution in [3.63, 3.8) is 0 Å². The van der Waals surface area contributed by atoms with E-state index in [0.29, 0.717) is 18.8 Å². The Balaban J connectivity index is 1.95. The molecular formula is C17H15BrN2O6S. The van der Waals surface area contributed by atoms with E-state index < -0.39 is 26.4 Å². The van der Waals surface area contributed by atoms with Gasteiger partial charge in [-0.2, -0.15) is 0 Å². The summed E-state index contributed by atoms with van der Waals surface area (Å²) in [6.07, 6.45) is 1.45. The fraction of sp³-hybridized carbons (Fsp3) is 0.235. The molecule has 27 heavy (non-hydrogen) atoms. The maximum atomic E-state index is 12.7. The van der Waals surface area contributed by atoms with Crippen molar-refractivity contribution in [3.05, 3.63) is 62.1 Å². The van der Waals surface area contributed by atoms with Gasteiger partial charge in [-0.1, -0.05) is 15.9 Å². The van der Waals surface area contributed by atoms with Crippen LogP contribution < -0.4 is 10.1 Å². The molecule has 0 saturated heterocycles. The van der Waals surface area contributed by atoms with Gasteiger partial charge in [0.2, 0.25) is 0 Å². The fourth-order valence-electron chi connectivity index (χ4n) is 2.79. The number of halogens is 1. The number of carbonyl (C=O) groups is 1. The van der Waals surface area contributed by atoms with Crippen molar-refractivity contribution in [1.82, 2.24) is 5.32 Å². The molecule has 2 aromatic rings. The summed E-state index contributed by atoms with van der Waals surface area (Å²) in [5, 5.41) is 13.9. The molecule has 1 atom stereocenters. The molecule has 0 aromatic heterocycles. The highest BCUT2D eigenvalue weighted by Crippen LogP contribution is 2.34. The molecule has 10 heteroatoms. The van der Waals surface area contributed by atoms with Gasteiger partial charge < -0.3 is 10.1 Å². The van der Waals surface area contributed by atoms with Gasteiger partial charge in [0.05, 0.1) is 22.5 Å². The zero-order valence-corrected chi connectivity index (χ0v) is 16.5. The monoisotopic (exact) mass is 454 g/mol. The maximum absolute atomic E-state index is 12.7. The van der Waals surface area contributed by atoms with E-state index in [4.69, 9.17) is 4.74 Å². The Morgan fingerprint density at radius 2 is 2.04 bits per heavy atom. The minimum atomic E-state index is -3.71. The molecule has 3 rings (SSSR count). The van der Waals surface area contributed by atoms with Crippen LogP contribution in [0.3, 0.4) is 0 Å². The number of nitrogens with one attached hydrogen (secondary N) is 1. The SMILES string of the molecule is CS(=O)(=O)c1cc(C(=O)NC2CCOc3ccc(Br)cc32)cc([N+](=O)[O-])c1. The molecular weight excluding hydrogens is 440 g/mol. The Labute approximate surface area is 163 Å². The zero-order valence-electron chi connectivity index (χ0n) is 14.1. The summed E-state index contributed by atoms with van der Waals surface area (Å²) in [4.78, 5) is 22.8. The van der Waals surface area contributed by atoms with Gasteiger partial charge in [0.25, 0.3) is 11.6 Å². The van der Waals surface area contributed by atoms with E-state index >= 15 is 0 Å². The van der Waals surface area contributed by atoms with E-state index in [1.54, 1.807) is 6.07 Å². The first-order valence-electron chi connectivity index (χ1n) is 7.88.